The van der Waals surface area contributed by atoms with Crippen molar-refractivity contribution in [2.75, 3.05) is 6.61 Å². The molecule has 0 heterocycles. The highest BCUT2D eigenvalue weighted by Gasteiger charge is 2.18. The van der Waals surface area contributed by atoms with E-state index in [-0.39, 0.29) is 11.0 Å². The highest BCUT2D eigenvalue weighted by molar-refractivity contribution is 4.91. The van der Waals surface area contributed by atoms with Gasteiger partial charge in [-0.2, -0.15) is 5.26 Å². The van der Waals surface area contributed by atoms with Crippen molar-refractivity contribution in [1.29, 1.82) is 5.26 Å². The largest absolute Gasteiger partial charge is 0.376 e. The SMILES string of the molecule is CC(C)(C#N)CCOC(C)(C)C. The molecule has 2 nitrogen and oxygen atoms in total. The van der Waals surface area contributed by atoms with Gasteiger partial charge in [0.1, 0.15) is 0 Å². The quantitative estimate of drug-likeness (QED) is 0.650. The van der Waals surface area contributed by atoms with Crippen molar-refractivity contribution in [1.82, 2.24) is 0 Å². The molecule has 70 valence electrons. The van der Waals surface area contributed by atoms with Gasteiger partial charge in [0.15, 0.2) is 0 Å². The van der Waals surface area contributed by atoms with Crippen LogP contribution in [0.4, 0.5) is 0 Å². The van der Waals surface area contributed by atoms with E-state index < -0.39 is 0 Å². The summed E-state index contributed by atoms with van der Waals surface area (Å²) in [5.74, 6) is 0. The second kappa shape index (κ2) is 3.91. The highest BCUT2D eigenvalue weighted by Crippen LogP contribution is 2.19. The molecule has 0 saturated carbocycles. The number of hydrogen-bond donors (Lipinski definition) is 0. The van der Waals surface area contributed by atoms with Crippen molar-refractivity contribution >= 4 is 0 Å². The van der Waals surface area contributed by atoms with E-state index in [9.17, 15) is 0 Å². The molecule has 12 heavy (non-hydrogen) atoms. The van der Waals surface area contributed by atoms with Crippen molar-refractivity contribution in [3.8, 4) is 6.07 Å². The van der Waals surface area contributed by atoms with Crippen molar-refractivity contribution in [2.24, 2.45) is 5.41 Å². The van der Waals surface area contributed by atoms with Gasteiger partial charge < -0.3 is 4.74 Å². The van der Waals surface area contributed by atoms with Crippen LogP contribution in [-0.4, -0.2) is 12.2 Å². The highest BCUT2D eigenvalue weighted by atomic mass is 16.5. The summed E-state index contributed by atoms with van der Waals surface area (Å²) in [6.07, 6.45) is 0.792. The van der Waals surface area contributed by atoms with Crippen LogP contribution in [0, 0.1) is 16.7 Å². The number of rotatable bonds is 3. The average Bonchev–Trinajstić information content (AvgIpc) is 1.84. The molecule has 0 rings (SSSR count). The third kappa shape index (κ3) is 6.18. The standard InChI is InChI=1S/C10H19NO/c1-9(2,3)12-7-6-10(4,5)8-11/h6-7H2,1-5H3. The number of hydrogen-bond acceptors (Lipinski definition) is 2. The molecular weight excluding hydrogens is 150 g/mol. The van der Waals surface area contributed by atoms with Gasteiger partial charge >= 0.3 is 0 Å². The van der Waals surface area contributed by atoms with Crippen LogP contribution >= 0.6 is 0 Å². The minimum Gasteiger partial charge on any atom is -0.376 e. The Labute approximate surface area is 75.5 Å². The zero-order valence-corrected chi connectivity index (χ0v) is 8.77. The number of nitriles is 1. The molecule has 0 N–H and O–H groups in total. The van der Waals surface area contributed by atoms with Crippen LogP contribution in [-0.2, 0) is 4.74 Å². The Kier molecular flexibility index (Phi) is 3.73. The summed E-state index contributed by atoms with van der Waals surface area (Å²) in [4.78, 5) is 0. The molecule has 0 spiro atoms. The van der Waals surface area contributed by atoms with E-state index in [1.165, 1.54) is 0 Å². The van der Waals surface area contributed by atoms with E-state index in [0.717, 1.165) is 6.42 Å². The van der Waals surface area contributed by atoms with Crippen LogP contribution in [0.1, 0.15) is 41.0 Å². The summed E-state index contributed by atoms with van der Waals surface area (Å²) in [5.41, 5.74) is -0.350. The van der Waals surface area contributed by atoms with Crippen LogP contribution < -0.4 is 0 Å². The molecule has 2 heteroatoms. The van der Waals surface area contributed by atoms with Crippen molar-refractivity contribution in [3.63, 3.8) is 0 Å². The molecular formula is C10H19NO. The van der Waals surface area contributed by atoms with Gasteiger partial charge in [0.2, 0.25) is 0 Å². The second-order valence-electron chi connectivity index (χ2n) is 4.71. The van der Waals surface area contributed by atoms with E-state index in [4.69, 9.17) is 10.00 Å². The molecule has 0 radical (unpaired) electrons. The number of ether oxygens (including phenoxy) is 1. The summed E-state index contributed by atoms with van der Waals surface area (Å²) in [7, 11) is 0. The first-order chi connectivity index (χ1) is 5.27. The Bertz CT molecular complexity index is 171. The molecule has 0 aliphatic carbocycles. The Morgan fingerprint density at radius 2 is 1.67 bits per heavy atom. The Morgan fingerprint density at radius 3 is 2.00 bits per heavy atom. The molecule has 0 fully saturated rings. The van der Waals surface area contributed by atoms with Gasteiger partial charge in [0.05, 0.1) is 17.1 Å². The fourth-order valence-electron chi connectivity index (χ4n) is 0.668. The predicted octanol–water partition coefficient (Wildman–Crippen LogP) is 2.74. The lowest BCUT2D eigenvalue weighted by atomic mass is 9.92. The maximum atomic E-state index is 8.72. The van der Waals surface area contributed by atoms with Crippen LogP contribution in [0.3, 0.4) is 0 Å². The lowest BCUT2D eigenvalue weighted by Gasteiger charge is -2.22. The molecule has 0 aromatic rings. The summed E-state index contributed by atoms with van der Waals surface area (Å²) in [5, 5.41) is 8.72. The molecule has 0 aromatic carbocycles. The smallest absolute Gasteiger partial charge is 0.0684 e. The van der Waals surface area contributed by atoms with Gasteiger partial charge in [0.25, 0.3) is 0 Å². The zero-order valence-electron chi connectivity index (χ0n) is 8.77. The van der Waals surface area contributed by atoms with E-state index in [2.05, 4.69) is 6.07 Å². The van der Waals surface area contributed by atoms with Crippen molar-refractivity contribution in [2.45, 2.75) is 46.6 Å². The lowest BCUT2D eigenvalue weighted by Crippen LogP contribution is -2.22. The van der Waals surface area contributed by atoms with Gasteiger partial charge in [-0.15, -0.1) is 0 Å². The summed E-state index contributed by atoms with van der Waals surface area (Å²) in [6.45, 7) is 10.6. The maximum Gasteiger partial charge on any atom is 0.0684 e. The van der Waals surface area contributed by atoms with E-state index in [1.54, 1.807) is 0 Å². The lowest BCUT2D eigenvalue weighted by molar-refractivity contribution is -0.0114. The molecule has 0 unspecified atom stereocenters. The van der Waals surface area contributed by atoms with Crippen LogP contribution in [0.5, 0.6) is 0 Å². The summed E-state index contributed by atoms with van der Waals surface area (Å²) in [6, 6.07) is 2.25. The normalized spacial score (nSPS) is 12.7. The topological polar surface area (TPSA) is 33.0 Å². The first-order valence-corrected chi connectivity index (χ1v) is 4.32. The monoisotopic (exact) mass is 169 g/mol. The Balaban J connectivity index is 3.66. The number of nitrogens with zero attached hydrogens (tertiary/aromatic N) is 1. The minimum atomic E-state index is -0.259. The summed E-state index contributed by atoms with van der Waals surface area (Å²) >= 11 is 0. The second-order valence-corrected chi connectivity index (χ2v) is 4.71. The van der Waals surface area contributed by atoms with Gasteiger partial charge in [-0.25, -0.2) is 0 Å². The first-order valence-electron chi connectivity index (χ1n) is 4.32. The fourth-order valence-corrected chi connectivity index (χ4v) is 0.668. The van der Waals surface area contributed by atoms with E-state index >= 15 is 0 Å². The van der Waals surface area contributed by atoms with E-state index in [0.29, 0.717) is 6.61 Å². The van der Waals surface area contributed by atoms with Gasteiger partial charge in [-0.3, -0.25) is 0 Å². The molecule has 0 amide bonds. The molecule has 0 aliphatic heterocycles. The van der Waals surface area contributed by atoms with Crippen molar-refractivity contribution < 1.29 is 4.74 Å². The first kappa shape index (κ1) is 11.4. The molecule has 0 saturated heterocycles. The minimum absolute atomic E-state index is 0.0917. The fraction of sp³-hybridized carbons (Fsp3) is 0.900. The molecule has 0 bridgehead atoms. The van der Waals surface area contributed by atoms with Crippen molar-refractivity contribution in [3.05, 3.63) is 0 Å². The van der Waals surface area contributed by atoms with Gasteiger partial charge in [-0.05, 0) is 41.0 Å². The van der Waals surface area contributed by atoms with Gasteiger partial charge in [-0.1, -0.05) is 0 Å². The Hall–Kier alpha value is -0.550. The van der Waals surface area contributed by atoms with Crippen LogP contribution in [0.25, 0.3) is 0 Å². The molecule has 0 atom stereocenters. The summed E-state index contributed by atoms with van der Waals surface area (Å²) < 4.78 is 5.52. The zero-order chi connectivity index (χ0) is 9.83. The van der Waals surface area contributed by atoms with Crippen LogP contribution in [0.2, 0.25) is 0 Å². The third-order valence-corrected chi connectivity index (χ3v) is 1.56. The Morgan fingerprint density at radius 1 is 1.17 bits per heavy atom. The maximum absolute atomic E-state index is 8.72. The van der Waals surface area contributed by atoms with E-state index in [1.807, 2.05) is 34.6 Å². The third-order valence-electron chi connectivity index (χ3n) is 1.56. The van der Waals surface area contributed by atoms with Crippen LogP contribution in [0.15, 0.2) is 0 Å². The molecule has 0 aliphatic rings. The average molecular weight is 169 g/mol. The molecule has 0 aromatic heterocycles. The van der Waals surface area contributed by atoms with Gasteiger partial charge in [0, 0.05) is 6.61 Å². The predicted molar refractivity (Wildman–Crippen MR) is 49.7 cm³/mol.